The van der Waals surface area contributed by atoms with Gasteiger partial charge in [0.2, 0.25) is 5.91 Å². The topological polar surface area (TPSA) is 69.2 Å². The number of hydrogen-bond donors (Lipinski definition) is 1. The van der Waals surface area contributed by atoms with Crippen LogP contribution in [0.2, 0.25) is 0 Å². The number of methoxy groups -OCH3 is 2. The van der Waals surface area contributed by atoms with Crippen LogP contribution in [0, 0.1) is 0 Å². The fourth-order valence-corrected chi connectivity index (χ4v) is 3.68. The van der Waals surface area contributed by atoms with Crippen molar-refractivity contribution in [2.75, 3.05) is 14.2 Å². The van der Waals surface area contributed by atoms with Crippen molar-refractivity contribution in [2.24, 2.45) is 5.10 Å². The first-order valence-electron chi connectivity index (χ1n) is 9.68. The summed E-state index contributed by atoms with van der Waals surface area (Å²) in [6.07, 6.45) is 1.77. The number of rotatable bonds is 9. The first-order chi connectivity index (χ1) is 15.5. The Hall–Kier alpha value is -2.84. The number of nitrogens with zero attached hydrogens (tertiary/aromatic N) is 1. The van der Waals surface area contributed by atoms with Crippen LogP contribution < -0.4 is 19.6 Å². The molecule has 6 nitrogen and oxygen atoms in total. The first kappa shape index (κ1) is 23.8. The Morgan fingerprint density at radius 3 is 2.31 bits per heavy atom. The smallest absolute Gasteiger partial charge is 0.244 e. The van der Waals surface area contributed by atoms with E-state index in [4.69, 9.17) is 14.2 Å². The third kappa shape index (κ3) is 6.83. The molecule has 0 spiro atoms. The number of hydrazone groups is 1. The van der Waals surface area contributed by atoms with Crippen molar-refractivity contribution in [2.45, 2.75) is 13.0 Å². The van der Waals surface area contributed by atoms with E-state index < -0.39 is 0 Å². The minimum Gasteiger partial charge on any atom is -0.497 e. The van der Waals surface area contributed by atoms with Gasteiger partial charge in [0.05, 0.1) is 31.3 Å². The van der Waals surface area contributed by atoms with Crippen LogP contribution in [0.4, 0.5) is 0 Å². The third-order valence-electron chi connectivity index (χ3n) is 4.47. The van der Waals surface area contributed by atoms with Crippen LogP contribution in [-0.2, 0) is 17.8 Å². The van der Waals surface area contributed by atoms with Gasteiger partial charge in [-0.05, 0) is 69.0 Å². The minimum atomic E-state index is -0.216. The molecule has 0 radical (unpaired) electrons. The number of nitrogens with one attached hydrogen (secondary N) is 1. The lowest BCUT2D eigenvalue weighted by molar-refractivity contribution is -0.120. The number of carbonyl (C=O) groups is 1. The standard InChI is InChI=1S/C24H22Br2N2O4/c1-30-20-9-5-16(6-10-20)13-23(29)28-27-14-18-11-21(26)24(22(12-18)31-2)32-15-17-3-7-19(25)8-4-17/h3-12,14H,13,15H2,1-2H3,(H,28,29)/b27-14-. The largest absolute Gasteiger partial charge is 0.497 e. The zero-order chi connectivity index (χ0) is 22.9. The van der Waals surface area contributed by atoms with Crippen LogP contribution in [0.25, 0.3) is 0 Å². The molecule has 1 N–H and O–H groups in total. The Morgan fingerprint density at radius 2 is 1.66 bits per heavy atom. The van der Waals surface area contributed by atoms with Crippen molar-refractivity contribution < 1.29 is 19.0 Å². The average molecular weight is 562 g/mol. The molecule has 0 unspecified atom stereocenters. The molecule has 0 saturated carbocycles. The molecule has 0 bridgehead atoms. The van der Waals surface area contributed by atoms with Gasteiger partial charge in [-0.1, -0.05) is 40.2 Å². The number of ether oxygens (including phenoxy) is 3. The van der Waals surface area contributed by atoms with Crippen molar-refractivity contribution >= 4 is 44.0 Å². The van der Waals surface area contributed by atoms with Gasteiger partial charge in [0.1, 0.15) is 12.4 Å². The number of carbonyl (C=O) groups excluding carboxylic acids is 1. The molecule has 0 fully saturated rings. The normalized spacial score (nSPS) is 10.8. The van der Waals surface area contributed by atoms with Crippen molar-refractivity contribution in [3.63, 3.8) is 0 Å². The van der Waals surface area contributed by atoms with Gasteiger partial charge in [-0.15, -0.1) is 0 Å². The molecule has 8 heteroatoms. The fourth-order valence-electron chi connectivity index (χ4n) is 2.84. The monoisotopic (exact) mass is 560 g/mol. The molecule has 0 aliphatic heterocycles. The molecule has 0 aliphatic carbocycles. The summed E-state index contributed by atoms with van der Waals surface area (Å²) >= 11 is 6.95. The number of hydrogen-bond acceptors (Lipinski definition) is 5. The molecule has 3 rings (SSSR count). The van der Waals surface area contributed by atoms with Gasteiger partial charge in [0, 0.05) is 4.47 Å². The SMILES string of the molecule is COc1ccc(CC(=O)N/N=C\c2cc(Br)c(OCc3ccc(Br)cc3)c(OC)c2)cc1. The summed E-state index contributed by atoms with van der Waals surface area (Å²) in [6, 6.07) is 18.9. The summed E-state index contributed by atoms with van der Waals surface area (Å²) in [7, 11) is 3.18. The second kappa shape index (κ2) is 11.7. The van der Waals surface area contributed by atoms with E-state index in [2.05, 4.69) is 42.4 Å². The van der Waals surface area contributed by atoms with Gasteiger partial charge >= 0.3 is 0 Å². The van der Waals surface area contributed by atoms with Crippen LogP contribution >= 0.6 is 31.9 Å². The molecule has 0 atom stereocenters. The minimum absolute atomic E-state index is 0.216. The Bertz CT molecular complexity index is 1080. The Balaban J connectivity index is 1.60. The van der Waals surface area contributed by atoms with Crippen LogP contribution in [0.3, 0.4) is 0 Å². The second-order valence-corrected chi connectivity index (χ2v) is 8.54. The third-order valence-corrected chi connectivity index (χ3v) is 5.59. The van der Waals surface area contributed by atoms with Crippen LogP contribution in [0.1, 0.15) is 16.7 Å². The van der Waals surface area contributed by atoms with Crippen LogP contribution in [0.5, 0.6) is 17.2 Å². The van der Waals surface area contributed by atoms with Crippen LogP contribution in [0.15, 0.2) is 74.7 Å². The average Bonchev–Trinajstić information content (AvgIpc) is 2.79. The molecular formula is C24H22Br2N2O4. The van der Waals surface area contributed by atoms with E-state index in [1.54, 1.807) is 26.5 Å². The quantitative estimate of drug-likeness (QED) is 0.277. The van der Waals surface area contributed by atoms with Gasteiger partial charge in [-0.2, -0.15) is 5.10 Å². The van der Waals surface area contributed by atoms with Gasteiger partial charge in [0.25, 0.3) is 0 Å². The van der Waals surface area contributed by atoms with Crippen molar-refractivity contribution in [3.8, 4) is 17.2 Å². The molecule has 0 saturated heterocycles. The Morgan fingerprint density at radius 1 is 0.969 bits per heavy atom. The summed E-state index contributed by atoms with van der Waals surface area (Å²) in [4.78, 5) is 12.1. The van der Waals surface area contributed by atoms with Gasteiger partial charge in [0.15, 0.2) is 11.5 Å². The maximum atomic E-state index is 12.1. The molecule has 3 aromatic rings. The van der Waals surface area contributed by atoms with E-state index in [0.29, 0.717) is 18.1 Å². The molecule has 1 amide bonds. The highest BCUT2D eigenvalue weighted by Gasteiger charge is 2.12. The van der Waals surface area contributed by atoms with Gasteiger partial charge in [-0.3, -0.25) is 4.79 Å². The predicted octanol–water partition coefficient (Wildman–Crippen LogP) is 5.50. The predicted molar refractivity (Wildman–Crippen MR) is 132 cm³/mol. The lowest BCUT2D eigenvalue weighted by Gasteiger charge is -2.13. The molecule has 32 heavy (non-hydrogen) atoms. The lowest BCUT2D eigenvalue weighted by Crippen LogP contribution is -2.19. The van der Waals surface area contributed by atoms with Gasteiger partial charge < -0.3 is 14.2 Å². The molecular weight excluding hydrogens is 540 g/mol. The zero-order valence-electron chi connectivity index (χ0n) is 17.6. The lowest BCUT2D eigenvalue weighted by atomic mass is 10.1. The maximum absolute atomic E-state index is 12.1. The van der Waals surface area contributed by atoms with Gasteiger partial charge in [-0.25, -0.2) is 5.43 Å². The second-order valence-electron chi connectivity index (χ2n) is 6.77. The summed E-state index contributed by atoms with van der Waals surface area (Å²) in [5, 5.41) is 4.05. The van der Waals surface area contributed by atoms with E-state index in [0.717, 1.165) is 31.4 Å². The molecule has 0 aliphatic rings. The maximum Gasteiger partial charge on any atom is 0.244 e. The highest BCUT2D eigenvalue weighted by molar-refractivity contribution is 9.10. The highest BCUT2D eigenvalue weighted by Crippen LogP contribution is 2.36. The van der Waals surface area contributed by atoms with E-state index in [1.807, 2.05) is 54.6 Å². The van der Waals surface area contributed by atoms with Crippen molar-refractivity contribution in [1.82, 2.24) is 5.43 Å². The first-order valence-corrected chi connectivity index (χ1v) is 11.3. The zero-order valence-corrected chi connectivity index (χ0v) is 20.8. The molecule has 166 valence electrons. The van der Waals surface area contributed by atoms with E-state index >= 15 is 0 Å². The molecule has 0 heterocycles. The van der Waals surface area contributed by atoms with Crippen molar-refractivity contribution in [3.05, 3.63) is 86.3 Å². The number of halogens is 2. The fraction of sp³-hybridized carbons (Fsp3) is 0.167. The summed E-state index contributed by atoms with van der Waals surface area (Å²) < 4.78 is 18.3. The highest BCUT2D eigenvalue weighted by atomic mass is 79.9. The molecule has 0 aromatic heterocycles. The Kier molecular flexibility index (Phi) is 8.70. The van der Waals surface area contributed by atoms with E-state index in [1.165, 1.54) is 0 Å². The van der Waals surface area contributed by atoms with Crippen LogP contribution in [-0.4, -0.2) is 26.3 Å². The summed E-state index contributed by atoms with van der Waals surface area (Å²) in [5.41, 5.74) is 5.19. The van der Waals surface area contributed by atoms with E-state index in [-0.39, 0.29) is 12.3 Å². The summed E-state index contributed by atoms with van der Waals surface area (Å²) in [5.74, 6) is 1.68. The Labute approximate surface area is 203 Å². The molecule has 3 aromatic carbocycles. The summed E-state index contributed by atoms with van der Waals surface area (Å²) in [6.45, 7) is 0.400. The number of benzene rings is 3. The number of amides is 1. The van der Waals surface area contributed by atoms with Crippen molar-refractivity contribution in [1.29, 1.82) is 0 Å². The van der Waals surface area contributed by atoms with E-state index in [9.17, 15) is 4.79 Å².